The third-order valence-corrected chi connectivity index (χ3v) is 4.33. The maximum atomic E-state index is 4.50. The first-order chi connectivity index (χ1) is 12.4. The van der Waals surface area contributed by atoms with Crippen molar-refractivity contribution in [3.05, 3.63) is 90.4 Å². The second kappa shape index (κ2) is 7.28. The van der Waals surface area contributed by atoms with E-state index in [1.807, 2.05) is 29.2 Å². The van der Waals surface area contributed by atoms with Crippen molar-refractivity contribution in [3.63, 3.8) is 0 Å². The lowest BCUT2D eigenvalue weighted by Crippen LogP contribution is -2.17. The summed E-state index contributed by atoms with van der Waals surface area (Å²) in [6.07, 6.45) is 6.60. The largest absolute Gasteiger partial charge is 0.312 e. The van der Waals surface area contributed by atoms with E-state index in [0.29, 0.717) is 0 Å². The first kappa shape index (κ1) is 15.5. The number of nitrogens with one attached hydrogen (secondary N) is 1. The summed E-state index contributed by atoms with van der Waals surface area (Å²) in [7, 11) is 0. The molecule has 0 fully saturated rings. The summed E-state index contributed by atoms with van der Waals surface area (Å²) in [4.78, 5) is 4.50. The Morgan fingerprint density at radius 2 is 1.76 bits per heavy atom. The van der Waals surface area contributed by atoms with Gasteiger partial charge in [0.15, 0.2) is 0 Å². The van der Waals surface area contributed by atoms with E-state index >= 15 is 0 Å². The highest BCUT2D eigenvalue weighted by molar-refractivity contribution is 5.81. The van der Waals surface area contributed by atoms with Crippen LogP contribution in [0.4, 0.5) is 0 Å². The lowest BCUT2D eigenvalue weighted by molar-refractivity contribution is 0.689. The molecule has 0 aliphatic carbocycles. The van der Waals surface area contributed by atoms with Gasteiger partial charge in [-0.05, 0) is 48.4 Å². The quantitative estimate of drug-likeness (QED) is 0.548. The van der Waals surface area contributed by atoms with Crippen molar-refractivity contribution in [3.8, 4) is 5.69 Å². The summed E-state index contributed by atoms with van der Waals surface area (Å²) in [5, 5.41) is 8.97. The van der Waals surface area contributed by atoms with Crippen molar-refractivity contribution < 1.29 is 0 Å². The van der Waals surface area contributed by atoms with Crippen LogP contribution in [0.1, 0.15) is 11.1 Å². The molecule has 0 aliphatic heterocycles. The first-order valence-corrected chi connectivity index (χ1v) is 8.52. The SMILES string of the molecule is c1cnc2c(CNCCc3ccc(-n4cccn4)cc3)cccc2c1. The molecule has 0 unspecified atom stereocenters. The van der Waals surface area contributed by atoms with Gasteiger partial charge in [-0.15, -0.1) is 0 Å². The Morgan fingerprint density at radius 3 is 2.60 bits per heavy atom. The molecule has 25 heavy (non-hydrogen) atoms. The van der Waals surface area contributed by atoms with Crippen LogP contribution in [0.2, 0.25) is 0 Å². The Kier molecular flexibility index (Phi) is 4.53. The van der Waals surface area contributed by atoms with Gasteiger partial charge in [-0.2, -0.15) is 5.10 Å². The molecule has 0 bridgehead atoms. The molecule has 4 rings (SSSR count). The summed E-state index contributed by atoms with van der Waals surface area (Å²) in [6.45, 7) is 1.77. The number of para-hydroxylation sites is 1. The van der Waals surface area contributed by atoms with E-state index in [2.05, 4.69) is 63.9 Å². The summed E-state index contributed by atoms with van der Waals surface area (Å²) >= 11 is 0. The lowest BCUT2D eigenvalue weighted by atomic mass is 10.1. The van der Waals surface area contributed by atoms with E-state index in [0.717, 1.165) is 30.7 Å². The van der Waals surface area contributed by atoms with Crippen LogP contribution in [-0.2, 0) is 13.0 Å². The highest BCUT2D eigenvalue weighted by atomic mass is 15.3. The van der Waals surface area contributed by atoms with Crippen molar-refractivity contribution in [1.82, 2.24) is 20.1 Å². The number of hydrogen-bond donors (Lipinski definition) is 1. The molecule has 4 aromatic rings. The molecule has 2 aromatic heterocycles. The van der Waals surface area contributed by atoms with Crippen LogP contribution in [-0.4, -0.2) is 21.3 Å². The molecule has 0 saturated carbocycles. The molecule has 2 heterocycles. The summed E-state index contributed by atoms with van der Waals surface area (Å²) in [6, 6.07) is 20.9. The van der Waals surface area contributed by atoms with E-state index in [4.69, 9.17) is 0 Å². The summed E-state index contributed by atoms with van der Waals surface area (Å²) in [5.74, 6) is 0. The van der Waals surface area contributed by atoms with Gasteiger partial charge < -0.3 is 5.32 Å². The highest BCUT2D eigenvalue weighted by Crippen LogP contribution is 2.15. The Bertz CT molecular complexity index is 938. The third-order valence-electron chi connectivity index (χ3n) is 4.33. The van der Waals surface area contributed by atoms with Crippen molar-refractivity contribution in [2.75, 3.05) is 6.54 Å². The van der Waals surface area contributed by atoms with Gasteiger partial charge in [0.2, 0.25) is 0 Å². The fourth-order valence-electron chi connectivity index (χ4n) is 3.00. The monoisotopic (exact) mass is 328 g/mol. The van der Waals surface area contributed by atoms with E-state index < -0.39 is 0 Å². The Hall–Kier alpha value is -2.98. The Morgan fingerprint density at radius 1 is 0.880 bits per heavy atom. The van der Waals surface area contributed by atoms with Crippen LogP contribution in [0, 0.1) is 0 Å². The summed E-state index contributed by atoms with van der Waals surface area (Å²) in [5.41, 5.74) is 4.73. The van der Waals surface area contributed by atoms with Gasteiger partial charge in [0.05, 0.1) is 11.2 Å². The third kappa shape index (κ3) is 3.59. The van der Waals surface area contributed by atoms with Crippen molar-refractivity contribution in [1.29, 1.82) is 0 Å². The van der Waals surface area contributed by atoms with Crippen LogP contribution in [0.3, 0.4) is 0 Å². The maximum Gasteiger partial charge on any atom is 0.0746 e. The smallest absolute Gasteiger partial charge is 0.0746 e. The molecule has 4 heteroatoms. The highest BCUT2D eigenvalue weighted by Gasteiger charge is 2.02. The van der Waals surface area contributed by atoms with Gasteiger partial charge in [-0.25, -0.2) is 4.68 Å². The second-order valence-corrected chi connectivity index (χ2v) is 6.04. The number of aromatic nitrogens is 3. The number of benzene rings is 2. The molecule has 124 valence electrons. The van der Waals surface area contributed by atoms with Crippen LogP contribution < -0.4 is 5.32 Å². The molecule has 0 aliphatic rings. The van der Waals surface area contributed by atoms with Gasteiger partial charge >= 0.3 is 0 Å². The molecule has 0 saturated heterocycles. The van der Waals surface area contributed by atoms with Gasteiger partial charge in [-0.3, -0.25) is 4.98 Å². The van der Waals surface area contributed by atoms with Crippen LogP contribution in [0.5, 0.6) is 0 Å². The first-order valence-electron chi connectivity index (χ1n) is 8.52. The van der Waals surface area contributed by atoms with E-state index in [1.165, 1.54) is 16.5 Å². The van der Waals surface area contributed by atoms with E-state index in [-0.39, 0.29) is 0 Å². The van der Waals surface area contributed by atoms with Gasteiger partial charge in [0.1, 0.15) is 0 Å². The standard InChI is InChI=1S/C21H20N4/c1-4-18-6-2-12-23-21(18)19(5-1)16-22-14-11-17-7-9-20(10-8-17)25-15-3-13-24-25/h1-10,12-13,15,22H,11,14,16H2. The second-order valence-electron chi connectivity index (χ2n) is 6.04. The minimum absolute atomic E-state index is 0.833. The van der Waals surface area contributed by atoms with Crippen molar-refractivity contribution >= 4 is 10.9 Å². The zero-order chi connectivity index (χ0) is 16.9. The Labute approximate surface area is 147 Å². The molecule has 2 aromatic carbocycles. The molecular weight excluding hydrogens is 308 g/mol. The zero-order valence-electron chi connectivity index (χ0n) is 14.0. The maximum absolute atomic E-state index is 4.50. The van der Waals surface area contributed by atoms with Crippen LogP contribution >= 0.6 is 0 Å². The molecule has 0 spiro atoms. The Balaban J connectivity index is 1.33. The van der Waals surface area contributed by atoms with Gasteiger partial charge in [-0.1, -0.05) is 36.4 Å². The number of rotatable bonds is 6. The molecule has 0 radical (unpaired) electrons. The minimum atomic E-state index is 0.833. The number of nitrogens with zero attached hydrogens (tertiary/aromatic N) is 3. The molecule has 0 atom stereocenters. The predicted octanol–water partition coefficient (Wildman–Crippen LogP) is 3.75. The normalized spacial score (nSPS) is 11.0. The van der Waals surface area contributed by atoms with Gasteiger partial charge in [0, 0.05) is 30.5 Å². The number of fused-ring (bicyclic) bond motifs is 1. The lowest BCUT2D eigenvalue weighted by Gasteiger charge is -2.08. The van der Waals surface area contributed by atoms with Crippen LogP contribution in [0.25, 0.3) is 16.6 Å². The van der Waals surface area contributed by atoms with Crippen molar-refractivity contribution in [2.45, 2.75) is 13.0 Å². The number of hydrogen-bond acceptors (Lipinski definition) is 3. The average molecular weight is 328 g/mol. The van der Waals surface area contributed by atoms with Crippen molar-refractivity contribution in [2.24, 2.45) is 0 Å². The fourth-order valence-corrected chi connectivity index (χ4v) is 3.00. The zero-order valence-corrected chi connectivity index (χ0v) is 14.0. The predicted molar refractivity (Wildman–Crippen MR) is 101 cm³/mol. The summed E-state index contributed by atoms with van der Waals surface area (Å²) < 4.78 is 1.87. The topological polar surface area (TPSA) is 42.7 Å². The molecule has 0 amide bonds. The van der Waals surface area contributed by atoms with Crippen LogP contribution in [0.15, 0.2) is 79.3 Å². The minimum Gasteiger partial charge on any atom is -0.312 e. The molecule has 4 nitrogen and oxygen atoms in total. The molecular formula is C21H20N4. The fraction of sp³-hybridized carbons (Fsp3) is 0.143. The number of pyridine rings is 1. The van der Waals surface area contributed by atoms with Gasteiger partial charge in [0.25, 0.3) is 0 Å². The van der Waals surface area contributed by atoms with E-state index in [1.54, 1.807) is 6.20 Å². The molecule has 1 N–H and O–H groups in total. The average Bonchev–Trinajstić information content (AvgIpc) is 3.21. The van der Waals surface area contributed by atoms with E-state index in [9.17, 15) is 0 Å².